The number of hydrogen-bond acceptors (Lipinski definition) is 4. The van der Waals surface area contributed by atoms with Crippen LogP contribution in [0.2, 0.25) is 0 Å². The van der Waals surface area contributed by atoms with Gasteiger partial charge in [-0.05, 0) is 61.4 Å². The summed E-state index contributed by atoms with van der Waals surface area (Å²) in [5.41, 5.74) is 2.79. The predicted octanol–water partition coefficient (Wildman–Crippen LogP) is 3.86. The normalized spacial score (nSPS) is 22.8. The van der Waals surface area contributed by atoms with Crippen LogP contribution in [0.4, 0.5) is 11.4 Å². The summed E-state index contributed by atoms with van der Waals surface area (Å²) in [6.45, 7) is 5.88. The van der Waals surface area contributed by atoms with E-state index in [9.17, 15) is 9.59 Å². The monoisotopic (exact) mass is 434 g/mol. The second kappa shape index (κ2) is 10.7. The first-order valence-corrected chi connectivity index (χ1v) is 11.7. The summed E-state index contributed by atoms with van der Waals surface area (Å²) in [4.78, 5) is 26.3. The van der Waals surface area contributed by atoms with Crippen molar-refractivity contribution in [2.45, 2.75) is 45.2 Å². The molecule has 2 unspecified atom stereocenters. The lowest BCUT2D eigenvalue weighted by molar-refractivity contribution is -0.116. The van der Waals surface area contributed by atoms with Gasteiger partial charge >= 0.3 is 0 Å². The molecule has 2 aromatic carbocycles. The Morgan fingerprint density at radius 1 is 1.03 bits per heavy atom. The van der Waals surface area contributed by atoms with E-state index in [1.54, 1.807) is 6.07 Å². The van der Waals surface area contributed by atoms with Crippen molar-refractivity contribution in [3.63, 3.8) is 0 Å². The Labute approximate surface area is 190 Å². The van der Waals surface area contributed by atoms with Crippen molar-refractivity contribution in [1.82, 2.24) is 10.2 Å². The number of anilines is 2. The minimum atomic E-state index is -0.124. The lowest BCUT2D eigenvalue weighted by Gasteiger charge is -2.46. The summed E-state index contributed by atoms with van der Waals surface area (Å²) in [6, 6.07) is 18.5. The van der Waals surface area contributed by atoms with Crippen LogP contribution in [0.25, 0.3) is 0 Å². The number of likely N-dealkylation sites (tertiary alicyclic amines) is 1. The first kappa shape index (κ1) is 22.5. The van der Waals surface area contributed by atoms with E-state index in [-0.39, 0.29) is 11.8 Å². The third-order valence-electron chi connectivity index (χ3n) is 6.52. The summed E-state index contributed by atoms with van der Waals surface area (Å²) >= 11 is 0. The minimum absolute atomic E-state index is 0.0213. The quantitative estimate of drug-likeness (QED) is 0.590. The van der Waals surface area contributed by atoms with Crippen LogP contribution in [0.5, 0.6) is 0 Å². The van der Waals surface area contributed by atoms with Gasteiger partial charge in [-0.2, -0.15) is 0 Å². The van der Waals surface area contributed by atoms with Crippen LogP contribution in [0.15, 0.2) is 54.6 Å². The standard InChI is InChI=1S/C26H34N4O2/c1-19(31)28-23-9-5-10-24(14-23)29-26(32)12-6-11-25-22-13-21(15-27-25)17-30(18-22)16-20-7-3-2-4-8-20/h2-5,7-10,14,21-22,25,27H,6,11-13,15-18H2,1H3,(H,28,31)(H,29,32)/t21?,22?,25-/m1/s1. The van der Waals surface area contributed by atoms with Gasteiger partial charge in [0.05, 0.1) is 0 Å². The van der Waals surface area contributed by atoms with Crippen LogP contribution in [0, 0.1) is 11.8 Å². The summed E-state index contributed by atoms with van der Waals surface area (Å²) in [6.07, 6.45) is 3.70. The number of amides is 2. The molecule has 32 heavy (non-hydrogen) atoms. The molecule has 170 valence electrons. The molecule has 0 aliphatic carbocycles. The lowest BCUT2D eigenvalue weighted by atomic mass is 9.79. The van der Waals surface area contributed by atoms with Crippen LogP contribution >= 0.6 is 0 Å². The Hall–Kier alpha value is -2.70. The average Bonchev–Trinajstić information content (AvgIpc) is 2.76. The van der Waals surface area contributed by atoms with Crippen molar-refractivity contribution in [2.24, 2.45) is 11.8 Å². The molecule has 2 aliphatic heterocycles. The molecule has 6 heteroatoms. The predicted molar refractivity (Wildman–Crippen MR) is 128 cm³/mol. The number of benzene rings is 2. The van der Waals surface area contributed by atoms with E-state index in [2.05, 4.69) is 51.2 Å². The molecule has 2 aromatic rings. The maximum absolute atomic E-state index is 12.4. The zero-order valence-electron chi connectivity index (χ0n) is 18.8. The van der Waals surface area contributed by atoms with Gasteiger partial charge in [-0.25, -0.2) is 0 Å². The third-order valence-corrected chi connectivity index (χ3v) is 6.52. The Bertz CT molecular complexity index is 917. The summed E-state index contributed by atoms with van der Waals surface area (Å²) < 4.78 is 0. The van der Waals surface area contributed by atoms with Crippen molar-refractivity contribution < 1.29 is 9.59 Å². The van der Waals surface area contributed by atoms with E-state index in [0.29, 0.717) is 29.8 Å². The van der Waals surface area contributed by atoms with E-state index in [1.807, 2.05) is 18.2 Å². The number of nitrogens with zero attached hydrogens (tertiary/aromatic N) is 1. The number of piperidine rings is 2. The van der Waals surface area contributed by atoms with E-state index in [1.165, 1.54) is 25.5 Å². The number of hydrogen-bond donors (Lipinski definition) is 3. The maximum Gasteiger partial charge on any atom is 0.224 e. The third kappa shape index (κ3) is 6.40. The number of nitrogens with one attached hydrogen (secondary N) is 3. The molecule has 2 aliphatic rings. The summed E-state index contributed by atoms with van der Waals surface area (Å²) in [5.74, 6) is 1.28. The fraction of sp³-hybridized carbons (Fsp3) is 0.462. The highest BCUT2D eigenvalue weighted by Crippen LogP contribution is 2.31. The molecule has 0 aromatic heterocycles. The molecule has 3 N–H and O–H groups in total. The van der Waals surface area contributed by atoms with Gasteiger partial charge < -0.3 is 16.0 Å². The maximum atomic E-state index is 12.4. The largest absolute Gasteiger partial charge is 0.326 e. The Kier molecular flexibility index (Phi) is 7.55. The summed E-state index contributed by atoms with van der Waals surface area (Å²) in [5, 5.41) is 9.45. The fourth-order valence-corrected chi connectivity index (χ4v) is 5.17. The Morgan fingerprint density at radius 2 is 1.81 bits per heavy atom. The number of rotatable bonds is 8. The lowest BCUT2D eigenvalue weighted by Crippen LogP contribution is -2.55. The molecule has 4 rings (SSSR count). The molecule has 2 bridgehead atoms. The zero-order valence-corrected chi connectivity index (χ0v) is 18.8. The van der Waals surface area contributed by atoms with E-state index in [4.69, 9.17) is 0 Å². The Morgan fingerprint density at radius 3 is 2.59 bits per heavy atom. The molecule has 2 heterocycles. The molecule has 2 amide bonds. The molecule has 3 atom stereocenters. The first-order chi connectivity index (χ1) is 15.5. The SMILES string of the molecule is CC(=O)Nc1cccc(NC(=O)CCC[C@H]2NCC3CC2CN(Cc2ccccc2)C3)c1. The van der Waals surface area contributed by atoms with Crippen LogP contribution in [-0.4, -0.2) is 42.4 Å². The van der Waals surface area contributed by atoms with Gasteiger partial charge in [0.2, 0.25) is 11.8 Å². The van der Waals surface area contributed by atoms with Gasteiger partial charge in [-0.1, -0.05) is 36.4 Å². The van der Waals surface area contributed by atoms with Gasteiger partial charge in [0, 0.05) is 50.4 Å². The zero-order chi connectivity index (χ0) is 22.3. The van der Waals surface area contributed by atoms with Crippen LogP contribution in [-0.2, 0) is 16.1 Å². The van der Waals surface area contributed by atoms with Gasteiger partial charge in [0.25, 0.3) is 0 Å². The highest BCUT2D eigenvalue weighted by atomic mass is 16.2. The molecule has 0 radical (unpaired) electrons. The molecule has 6 nitrogen and oxygen atoms in total. The molecular weight excluding hydrogens is 400 g/mol. The van der Waals surface area contributed by atoms with Gasteiger partial charge in [0.1, 0.15) is 0 Å². The smallest absolute Gasteiger partial charge is 0.224 e. The fourth-order valence-electron chi connectivity index (χ4n) is 5.17. The first-order valence-electron chi connectivity index (χ1n) is 11.7. The van der Waals surface area contributed by atoms with Crippen molar-refractivity contribution >= 4 is 23.2 Å². The van der Waals surface area contributed by atoms with Crippen LogP contribution in [0.3, 0.4) is 0 Å². The molecule has 0 spiro atoms. The van der Waals surface area contributed by atoms with E-state index in [0.717, 1.165) is 38.4 Å². The highest BCUT2D eigenvalue weighted by Gasteiger charge is 2.36. The number of fused-ring (bicyclic) bond motifs is 2. The Balaban J connectivity index is 1.22. The van der Waals surface area contributed by atoms with Crippen molar-refractivity contribution in [3.05, 3.63) is 60.2 Å². The molecular formula is C26H34N4O2. The van der Waals surface area contributed by atoms with Crippen LogP contribution in [0.1, 0.15) is 38.2 Å². The number of carbonyl (C=O) groups excluding carboxylic acids is 2. The second-order valence-corrected chi connectivity index (χ2v) is 9.26. The summed E-state index contributed by atoms with van der Waals surface area (Å²) in [7, 11) is 0. The molecule has 2 saturated heterocycles. The molecule has 0 saturated carbocycles. The highest BCUT2D eigenvalue weighted by molar-refractivity contribution is 5.93. The van der Waals surface area contributed by atoms with Gasteiger partial charge in [0.15, 0.2) is 0 Å². The van der Waals surface area contributed by atoms with Gasteiger partial charge in [-0.15, -0.1) is 0 Å². The van der Waals surface area contributed by atoms with E-state index < -0.39 is 0 Å². The van der Waals surface area contributed by atoms with Gasteiger partial charge in [-0.3, -0.25) is 14.5 Å². The van der Waals surface area contributed by atoms with Crippen molar-refractivity contribution in [3.8, 4) is 0 Å². The van der Waals surface area contributed by atoms with Crippen molar-refractivity contribution in [2.75, 3.05) is 30.3 Å². The molecule has 2 fully saturated rings. The van der Waals surface area contributed by atoms with E-state index >= 15 is 0 Å². The average molecular weight is 435 g/mol. The van der Waals surface area contributed by atoms with Crippen LogP contribution < -0.4 is 16.0 Å². The topological polar surface area (TPSA) is 73.5 Å². The minimum Gasteiger partial charge on any atom is -0.326 e. The number of carbonyl (C=O) groups is 2. The second-order valence-electron chi connectivity index (χ2n) is 9.26. The van der Waals surface area contributed by atoms with Crippen molar-refractivity contribution in [1.29, 1.82) is 0 Å².